The van der Waals surface area contributed by atoms with Gasteiger partial charge in [-0.05, 0) is 5.92 Å². The lowest BCUT2D eigenvalue weighted by Crippen LogP contribution is -2.62. The van der Waals surface area contributed by atoms with Gasteiger partial charge in [-0.1, -0.05) is 28.2 Å². The van der Waals surface area contributed by atoms with Crippen molar-refractivity contribution < 1.29 is 9.47 Å². The lowest BCUT2D eigenvalue weighted by atomic mass is 9.79. The highest BCUT2D eigenvalue weighted by atomic mass is 16.9. The molecule has 0 radical (unpaired) electrons. The average molecular weight is 172 g/mol. The quantitative estimate of drug-likeness (QED) is 0.605. The monoisotopic (exact) mass is 172 g/mol. The minimum absolute atomic E-state index is 0. The third-order valence-electron chi connectivity index (χ3n) is 2.53. The van der Waals surface area contributed by atoms with Crippen LogP contribution in [0.2, 0.25) is 0 Å². The summed E-state index contributed by atoms with van der Waals surface area (Å²) in [4.78, 5) is 0. The summed E-state index contributed by atoms with van der Waals surface area (Å²) < 4.78 is 11.3. The number of rotatable bonds is 1. The molecule has 1 saturated carbocycles. The molecule has 2 aliphatic rings. The first-order valence-electron chi connectivity index (χ1n) is 4.47. The molecule has 2 nitrogen and oxygen atoms in total. The zero-order chi connectivity index (χ0) is 8.06. The molecule has 0 aromatic carbocycles. The summed E-state index contributed by atoms with van der Waals surface area (Å²) in [5, 5.41) is 0. The van der Waals surface area contributed by atoms with Gasteiger partial charge in [0, 0.05) is 18.8 Å². The van der Waals surface area contributed by atoms with E-state index >= 15 is 0 Å². The Balaban J connectivity index is 0.000000720. The van der Waals surface area contributed by atoms with Crippen LogP contribution in [-0.4, -0.2) is 12.1 Å². The first-order chi connectivity index (χ1) is 5.11. The highest BCUT2D eigenvalue weighted by Crippen LogP contribution is 2.50. The van der Waals surface area contributed by atoms with Crippen LogP contribution in [0, 0.1) is 11.8 Å². The van der Waals surface area contributed by atoms with Crippen LogP contribution in [0.3, 0.4) is 0 Å². The van der Waals surface area contributed by atoms with Crippen molar-refractivity contribution in [3.63, 3.8) is 0 Å². The Kier molecular flexibility index (Phi) is 2.50. The number of hydrogen-bond donors (Lipinski definition) is 0. The van der Waals surface area contributed by atoms with E-state index in [4.69, 9.17) is 9.47 Å². The molecule has 2 heteroatoms. The van der Waals surface area contributed by atoms with Crippen molar-refractivity contribution in [1.29, 1.82) is 0 Å². The molecule has 0 N–H and O–H groups in total. The SMILES string of the molecule is C.CC1CC2(C1)OC(C(C)C)O2. The smallest absolute Gasteiger partial charge is 0.175 e. The topological polar surface area (TPSA) is 18.5 Å². The molecule has 72 valence electrons. The summed E-state index contributed by atoms with van der Waals surface area (Å²) in [6.45, 7) is 6.49. The summed E-state index contributed by atoms with van der Waals surface area (Å²) in [5.74, 6) is 1.16. The van der Waals surface area contributed by atoms with E-state index in [1.165, 1.54) is 0 Å². The van der Waals surface area contributed by atoms with Gasteiger partial charge in [0.05, 0.1) is 0 Å². The Bertz CT molecular complexity index is 151. The van der Waals surface area contributed by atoms with E-state index in [0.29, 0.717) is 5.92 Å². The zero-order valence-corrected chi connectivity index (χ0v) is 7.46. The molecule has 12 heavy (non-hydrogen) atoms. The molecule has 0 bridgehead atoms. The lowest BCUT2D eigenvalue weighted by Gasteiger charge is -2.56. The van der Waals surface area contributed by atoms with E-state index in [-0.39, 0.29) is 19.5 Å². The van der Waals surface area contributed by atoms with E-state index < -0.39 is 0 Å². The Hall–Kier alpha value is -0.0800. The maximum atomic E-state index is 5.67. The van der Waals surface area contributed by atoms with Gasteiger partial charge in [0.2, 0.25) is 0 Å². The van der Waals surface area contributed by atoms with Crippen LogP contribution in [0.5, 0.6) is 0 Å². The van der Waals surface area contributed by atoms with Crippen molar-refractivity contribution in [3.05, 3.63) is 0 Å². The van der Waals surface area contributed by atoms with Crippen molar-refractivity contribution >= 4 is 0 Å². The summed E-state index contributed by atoms with van der Waals surface area (Å²) in [7, 11) is 0. The largest absolute Gasteiger partial charge is 0.321 e. The highest BCUT2D eigenvalue weighted by Gasteiger charge is 2.55. The van der Waals surface area contributed by atoms with Crippen molar-refractivity contribution in [2.75, 3.05) is 0 Å². The molecule has 1 aliphatic heterocycles. The number of ether oxygens (including phenoxy) is 2. The predicted octanol–water partition coefficient (Wildman–Crippen LogP) is 2.78. The van der Waals surface area contributed by atoms with E-state index in [0.717, 1.165) is 18.8 Å². The maximum absolute atomic E-state index is 5.67. The summed E-state index contributed by atoms with van der Waals surface area (Å²) in [6.07, 6.45) is 2.26. The Labute approximate surface area is 75.2 Å². The molecule has 1 aliphatic carbocycles. The second-order valence-electron chi connectivity index (χ2n) is 4.27. The summed E-state index contributed by atoms with van der Waals surface area (Å²) in [5.41, 5.74) is 0. The number of hydrogen-bond acceptors (Lipinski definition) is 2. The van der Waals surface area contributed by atoms with E-state index in [1.807, 2.05) is 0 Å². The molecule has 2 rings (SSSR count). The fraction of sp³-hybridized carbons (Fsp3) is 1.00. The molecule has 0 unspecified atom stereocenters. The second-order valence-corrected chi connectivity index (χ2v) is 4.27. The Morgan fingerprint density at radius 3 is 2.08 bits per heavy atom. The van der Waals surface area contributed by atoms with E-state index in [1.54, 1.807) is 0 Å². The first-order valence-corrected chi connectivity index (χ1v) is 4.47. The fourth-order valence-electron chi connectivity index (χ4n) is 1.90. The van der Waals surface area contributed by atoms with Gasteiger partial charge in [-0.3, -0.25) is 0 Å². The van der Waals surface area contributed by atoms with Gasteiger partial charge in [0.25, 0.3) is 0 Å². The van der Waals surface area contributed by atoms with Gasteiger partial charge in [-0.2, -0.15) is 0 Å². The molecule has 1 saturated heterocycles. The first kappa shape index (κ1) is 10.0. The standard InChI is InChI=1S/C9H16O2.CH4/c1-6(2)8-10-9(11-8)4-7(3)5-9;/h6-8H,4-5H2,1-3H3;1H4. The molecule has 0 amide bonds. The van der Waals surface area contributed by atoms with Crippen molar-refractivity contribution in [1.82, 2.24) is 0 Å². The second kappa shape index (κ2) is 3.00. The van der Waals surface area contributed by atoms with Crippen LogP contribution < -0.4 is 0 Å². The molecular weight excluding hydrogens is 152 g/mol. The zero-order valence-electron chi connectivity index (χ0n) is 7.46. The van der Waals surface area contributed by atoms with E-state index in [9.17, 15) is 0 Å². The minimum atomic E-state index is -0.131. The normalized spacial score (nSPS) is 45.0. The van der Waals surface area contributed by atoms with Gasteiger partial charge in [0.15, 0.2) is 12.1 Å². The van der Waals surface area contributed by atoms with Crippen LogP contribution in [0.1, 0.15) is 41.0 Å². The van der Waals surface area contributed by atoms with Crippen molar-refractivity contribution in [2.45, 2.75) is 53.1 Å². The molecule has 1 heterocycles. The summed E-state index contributed by atoms with van der Waals surface area (Å²) >= 11 is 0. The fourth-order valence-corrected chi connectivity index (χ4v) is 1.90. The lowest BCUT2D eigenvalue weighted by molar-refractivity contribution is -0.492. The van der Waals surface area contributed by atoms with Gasteiger partial charge in [0.1, 0.15) is 0 Å². The van der Waals surface area contributed by atoms with Crippen molar-refractivity contribution in [2.24, 2.45) is 11.8 Å². The average Bonchev–Trinajstić information content (AvgIpc) is 1.73. The van der Waals surface area contributed by atoms with Crippen LogP contribution in [0.4, 0.5) is 0 Å². The highest BCUT2D eigenvalue weighted by molar-refractivity contribution is 4.91. The molecule has 0 aromatic heterocycles. The molecule has 1 spiro atoms. The molecule has 0 atom stereocenters. The third-order valence-corrected chi connectivity index (χ3v) is 2.53. The van der Waals surface area contributed by atoms with Gasteiger partial charge >= 0.3 is 0 Å². The van der Waals surface area contributed by atoms with Crippen molar-refractivity contribution in [3.8, 4) is 0 Å². The van der Waals surface area contributed by atoms with Gasteiger partial charge < -0.3 is 9.47 Å². The minimum Gasteiger partial charge on any atom is -0.321 e. The maximum Gasteiger partial charge on any atom is 0.175 e. The van der Waals surface area contributed by atoms with Gasteiger partial charge in [-0.15, -0.1) is 0 Å². The van der Waals surface area contributed by atoms with Crippen LogP contribution in [-0.2, 0) is 9.47 Å². The Morgan fingerprint density at radius 1 is 1.25 bits per heavy atom. The summed E-state index contributed by atoms with van der Waals surface area (Å²) in [6, 6.07) is 0. The van der Waals surface area contributed by atoms with E-state index in [2.05, 4.69) is 20.8 Å². The predicted molar refractivity (Wildman–Crippen MR) is 48.7 cm³/mol. The molecule has 0 aromatic rings. The molecular formula is C10H20O2. The van der Waals surface area contributed by atoms with Crippen LogP contribution >= 0.6 is 0 Å². The van der Waals surface area contributed by atoms with Gasteiger partial charge in [-0.25, -0.2) is 0 Å². The Morgan fingerprint density at radius 2 is 1.75 bits per heavy atom. The van der Waals surface area contributed by atoms with Crippen LogP contribution in [0.15, 0.2) is 0 Å². The van der Waals surface area contributed by atoms with Crippen LogP contribution in [0.25, 0.3) is 0 Å². The molecule has 2 fully saturated rings. The third kappa shape index (κ3) is 1.38.